The average molecular weight is 438 g/mol. The van der Waals surface area contributed by atoms with Crippen LogP contribution in [0.1, 0.15) is 24.0 Å². The second kappa shape index (κ2) is 10.9. The monoisotopic (exact) mass is 437 g/mol. The lowest BCUT2D eigenvalue weighted by Gasteiger charge is -2.26. The molecular weight excluding hydrogens is 409 g/mol. The number of nitrogens with zero attached hydrogens (tertiary/aromatic N) is 3. The molecule has 3 aromatic rings. The van der Waals surface area contributed by atoms with Gasteiger partial charge in [-0.3, -0.25) is 9.48 Å². The summed E-state index contributed by atoms with van der Waals surface area (Å²) in [4.78, 5) is 14.8. The van der Waals surface area contributed by atoms with Crippen LogP contribution >= 0.6 is 0 Å². The van der Waals surface area contributed by atoms with Gasteiger partial charge in [-0.15, -0.1) is 0 Å². The molecule has 168 valence electrons. The van der Waals surface area contributed by atoms with Crippen molar-refractivity contribution in [2.24, 2.45) is 0 Å². The Bertz CT molecular complexity index is 1000. The second-order valence-electron chi connectivity index (χ2n) is 7.95. The molecule has 7 heteroatoms. The maximum absolute atomic E-state index is 13.8. The Balaban J connectivity index is 1.38. The lowest BCUT2D eigenvalue weighted by molar-refractivity contribution is -0.134. The van der Waals surface area contributed by atoms with Gasteiger partial charge in [0.1, 0.15) is 18.1 Å². The Kier molecular flexibility index (Phi) is 7.51. The molecule has 1 aliphatic heterocycles. The SMILES string of the molecule is O=C(Cn1cccn1)N(Cc1cccc(OCCc2ccccc2F)c1)CC1CCCO1. The number of ether oxygens (including phenoxy) is 2. The summed E-state index contributed by atoms with van der Waals surface area (Å²) in [6.07, 6.45) is 6.00. The van der Waals surface area contributed by atoms with E-state index < -0.39 is 0 Å². The van der Waals surface area contributed by atoms with Crippen molar-refractivity contribution < 1.29 is 18.7 Å². The fraction of sp³-hybridized carbons (Fsp3) is 0.360. The molecule has 1 saturated heterocycles. The zero-order chi connectivity index (χ0) is 22.2. The molecule has 1 atom stereocenters. The van der Waals surface area contributed by atoms with E-state index in [-0.39, 0.29) is 24.4 Å². The van der Waals surface area contributed by atoms with Gasteiger partial charge in [0, 0.05) is 38.5 Å². The number of benzene rings is 2. The van der Waals surface area contributed by atoms with Crippen LogP contribution in [0.25, 0.3) is 0 Å². The molecular formula is C25H28FN3O3. The van der Waals surface area contributed by atoms with Gasteiger partial charge in [0.15, 0.2) is 0 Å². The standard InChI is InChI=1S/C25H28FN3O3/c26-24-10-2-1-7-21(24)11-15-32-22-8-3-6-20(16-22)17-28(18-23-9-4-14-31-23)25(30)19-29-13-5-12-27-29/h1-3,5-8,10,12-13,16,23H,4,9,11,14-15,17-19H2. The minimum Gasteiger partial charge on any atom is -0.493 e. The number of carbonyl (C=O) groups is 1. The van der Waals surface area contributed by atoms with Crippen molar-refractivity contribution in [3.05, 3.63) is 83.9 Å². The Morgan fingerprint density at radius 1 is 1.22 bits per heavy atom. The third kappa shape index (κ3) is 6.17. The number of hydrogen-bond donors (Lipinski definition) is 0. The highest BCUT2D eigenvalue weighted by Gasteiger charge is 2.23. The van der Waals surface area contributed by atoms with Crippen molar-refractivity contribution >= 4 is 5.91 Å². The topological polar surface area (TPSA) is 56.6 Å². The molecule has 1 fully saturated rings. The smallest absolute Gasteiger partial charge is 0.244 e. The van der Waals surface area contributed by atoms with Crippen LogP contribution in [0.5, 0.6) is 5.75 Å². The predicted molar refractivity (Wildman–Crippen MR) is 119 cm³/mol. The van der Waals surface area contributed by atoms with Crippen LogP contribution in [-0.4, -0.2) is 46.5 Å². The predicted octanol–water partition coefficient (Wildman–Crippen LogP) is 3.85. The normalized spacial score (nSPS) is 15.6. The molecule has 0 spiro atoms. The van der Waals surface area contributed by atoms with E-state index in [1.807, 2.05) is 35.2 Å². The molecule has 0 saturated carbocycles. The highest BCUT2D eigenvalue weighted by molar-refractivity contribution is 5.76. The number of aromatic nitrogens is 2. The van der Waals surface area contributed by atoms with Gasteiger partial charge < -0.3 is 14.4 Å². The quantitative estimate of drug-likeness (QED) is 0.484. The van der Waals surface area contributed by atoms with E-state index in [1.54, 1.807) is 35.3 Å². The van der Waals surface area contributed by atoms with Gasteiger partial charge in [0.2, 0.25) is 5.91 Å². The second-order valence-corrected chi connectivity index (χ2v) is 7.95. The van der Waals surface area contributed by atoms with E-state index in [1.165, 1.54) is 6.07 Å². The molecule has 1 amide bonds. The Hall–Kier alpha value is -3.19. The molecule has 0 N–H and O–H groups in total. The van der Waals surface area contributed by atoms with Crippen LogP contribution in [0.4, 0.5) is 4.39 Å². The molecule has 0 radical (unpaired) electrons. The maximum atomic E-state index is 13.8. The number of amides is 1. The summed E-state index contributed by atoms with van der Waals surface area (Å²) in [5.41, 5.74) is 1.61. The summed E-state index contributed by atoms with van der Waals surface area (Å²) in [7, 11) is 0. The summed E-state index contributed by atoms with van der Waals surface area (Å²) in [6.45, 7) is 2.33. The molecule has 0 aliphatic carbocycles. The van der Waals surface area contributed by atoms with E-state index in [0.717, 1.165) is 25.0 Å². The molecule has 1 unspecified atom stereocenters. The van der Waals surface area contributed by atoms with Crippen molar-refractivity contribution in [2.45, 2.75) is 38.5 Å². The lowest BCUT2D eigenvalue weighted by atomic mass is 10.1. The molecule has 32 heavy (non-hydrogen) atoms. The third-order valence-corrected chi connectivity index (χ3v) is 5.53. The molecule has 2 aromatic carbocycles. The van der Waals surface area contributed by atoms with Crippen molar-refractivity contribution in [1.82, 2.24) is 14.7 Å². The first kappa shape index (κ1) is 22.0. The summed E-state index contributed by atoms with van der Waals surface area (Å²) in [5, 5.41) is 4.15. The van der Waals surface area contributed by atoms with Gasteiger partial charge in [0.05, 0.1) is 12.7 Å². The summed E-state index contributed by atoms with van der Waals surface area (Å²) in [6, 6.07) is 16.2. The van der Waals surface area contributed by atoms with Crippen molar-refractivity contribution in [1.29, 1.82) is 0 Å². The molecule has 1 aromatic heterocycles. The van der Waals surface area contributed by atoms with Crippen molar-refractivity contribution in [2.75, 3.05) is 19.8 Å². The number of carbonyl (C=O) groups excluding carboxylic acids is 1. The van der Waals surface area contributed by atoms with Gasteiger partial charge in [-0.1, -0.05) is 30.3 Å². The van der Waals surface area contributed by atoms with Gasteiger partial charge in [-0.25, -0.2) is 4.39 Å². The van der Waals surface area contributed by atoms with Crippen LogP contribution in [-0.2, 0) is 29.0 Å². The first-order valence-corrected chi connectivity index (χ1v) is 11.0. The van der Waals surface area contributed by atoms with Gasteiger partial charge in [0.25, 0.3) is 0 Å². The third-order valence-electron chi connectivity index (χ3n) is 5.53. The zero-order valence-electron chi connectivity index (χ0n) is 18.0. The Morgan fingerprint density at radius 3 is 2.91 bits per heavy atom. The van der Waals surface area contributed by atoms with Crippen LogP contribution < -0.4 is 4.74 Å². The zero-order valence-corrected chi connectivity index (χ0v) is 18.0. The average Bonchev–Trinajstić information content (AvgIpc) is 3.49. The summed E-state index contributed by atoms with van der Waals surface area (Å²) in [5.74, 6) is 0.482. The number of hydrogen-bond acceptors (Lipinski definition) is 4. The largest absolute Gasteiger partial charge is 0.493 e. The van der Waals surface area contributed by atoms with E-state index in [4.69, 9.17) is 9.47 Å². The minimum absolute atomic E-state index is 0.00456. The van der Waals surface area contributed by atoms with Crippen molar-refractivity contribution in [3.63, 3.8) is 0 Å². The molecule has 6 nitrogen and oxygen atoms in total. The van der Waals surface area contributed by atoms with Gasteiger partial charge >= 0.3 is 0 Å². The Labute approximate surface area is 187 Å². The lowest BCUT2D eigenvalue weighted by Crippen LogP contribution is -2.39. The van der Waals surface area contributed by atoms with E-state index in [0.29, 0.717) is 37.4 Å². The number of rotatable bonds is 10. The first-order valence-electron chi connectivity index (χ1n) is 11.0. The highest BCUT2D eigenvalue weighted by atomic mass is 19.1. The molecule has 2 heterocycles. The molecule has 0 bridgehead atoms. The van der Waals surface area contributed by atoms with Gasteiger partial charge in [-0.05, 0) is 48.2 Å². The van der Waals surface area contributed by atoms with Gasteiger partial charge in [-0.2, -0.15) is 5.10 Å². The summed E-state index contributed by atoms with van der Waals surface area (Å²) < 4.78 is 27.0. The molecule has 4 rings (SSSR count). The molecule has 1 aliphatic rings. The van der Waals surface area contributed by atoms with Crippen LogP contribution in [0.15, 0.2) is 67.0 Å². The van der Waals surface area contributed by atoms with E-state index in [2.05, 4.69) is 5.10 Å². The fourth-order valence-electron chi connectivity index (χ4n) is 3.86. The Morgan fingerprint density at radius 2 is 2.12 bits per heavy atom. The first-order chi connectivity index (χ1) is 15.7. The van der Waals surface area contributed by atoms with E-state index in [9.17, 15) is 9.18 Å². The maximum Gasteiger partial charge on any atom is 0.244 e. The highest BCUT2D eigenvalue weighted by Crippen LogP contribution is 2.19. The fourth-order valence-corrected chi connectivity index (χ4v) is 3.86. The van der Waals surface area contributed by atoms with Crippen LogP contribution in [0, 0.1) is 5.82 Å². The summed E-state index contributed by atoms with van der Waals surface area (Å²) >= 11 is 0. The number of halogens is 1. The van der Waals surface area contributed by atoms with Crippen LogP contribution in [0.2, 0.25) is 0 Å². The van der Waals surface area contributed by atoms with E-state index >= 15 is 0 Å². The van der Waals surface area contributed by atoms with Crippen LogP contribution in [0.3, 0.4) is 0 Å². The van der Waals surface area contributed by atoms with Crippen molar-refractivity contribution in [3.8, 4) is 5.75 Å². The minimum atomic E-state index is -0.217.